The van der Waals surface area contributed by atoms with E-state index in [4.69, 9.17) is 0 Å². The molecule has 3 aromatic rings. The molecule has 1 aliphatic heterocycles. The zero-order valence-corrected chi connectivity index (χ0v) is 16.9. The van der Waals surface area contributed by atoms with Gasteiger partial charge in [-0.2, -0.15) is 0 Å². The Bertz CT molecular complexity index is 999. The van der Waals surface area contributed by atoms with E-state index in [9.17, 15) is 9.18 Å². The summed E-state index contributed by atoms with van der Waals surface area (Å²) in [5.74, 6) is 0.349. The largest absolute Gasteiger partial charge is 0.352 e. The molecule has 154 valence electrons. The number of anilines is 2. The van der Waals surface area contributed by atoms with Crippen molar-refractivity contribution in [1.29, 1.82) is 0 Å². The molecule has 2 aromatic carbocycles. The third-order valence-electron chi connectivity index (χ3n) is 5.31. The number of halogens is 1. The van der Waals surface area contributed by atoms with Gasteiger partial charge in [-0.05, 0) is 36.2 Å². The number of nitrogens with zero attached hydrogens (tertiary/aromatic N) is 4. The topological polar surface area (TPSA) is 61.4 Å². The molecule has 0 atom stereocenters. The SMILES string of the molecule is CCc1ccc(-c2ccc(N3CCN(C(=O)Nc4ccccc4F)CC3)nn2)cc1. The zero-order chi connectivity index (χ0) is 20.9. The molecule has 2 amide bonds. The van der Waals surface area contributed by atoms with E-state index in [0.29, 0.717) is 26.2 Å². The smallest absolute Gasteiger partial charge is 0.322 e. The van der Waals surface area contributed by atoms with Gasteiger partial charge in [0.05, 0.1) is 11.4 Å². The van der Waals surface area contributed by atoms with E-state index < -0.39 is 5.82 Å². The van der Waals surface area contributed by atoms with Crippen LogP contribution in [0.25, 0.3) is 11.3 Å². The first-order valence-corrected chi connectivity index (χ1v) is 10.1. The lowest BCUT2D eigenvalue weighted by Crippen LogP contribution is -2.50. The van der Waals surface area contributed by atoms with E-state index in [2.05, 4.69) is 51.6 Å². The van der Waals surface area contributed by atoms with Gasteiger partial charge >= 0.3 is 6.03 Å². The third-order valence-corrected chi connectivity index (χ3v) is 5.31. The highest BCUT2D eigenvalue weighted by atomic mass is 19.1. The second kappa shape index (κ2) is 8.90. The molecule has 6 nitrogen and oxygen atoms in total. The van der Waals surface area contributed by atoms with E-state index in [1.807, 2.05) is 12.1 Å². The van der Waals surface area contributed by atoms with Crippen LogP contribution in [0.1, 0.15) is 12.5 Å². The van der Waals surface area contributed by atoms with E-state index in [1.165, 1.54) is 11.6 Å². The van der Waals surface area contributed by atoms with Crippen LogP contribution in [-0.2, 0) is 6.42 Å². The Morgan fingerprint density at radius 1 is 0.967 bits per heavy atom. The number of aromatic nitrogens is 2. The number of amides is 2. The van der Waals surface area contributed by atoms with E-state index in [0.717, 1.165) is 23.5 Å². The summed E-state index contributed by atoms with van der Waals surface area (Å²) >= 11 is 0. The number of carbonyl (C=O) groups is 1. The normalized spacial score (nSPS) is 13.9. The molecule has 0 spiro atoms. The molecular weight excluding hydrogens is 381 g/mol. The van der Waals surface area contributed by atoms with Crippen molar-refractivity contribution in [3.63, 3.8) is 0 Å². The average Bonchev–Trinajstić information content (AvgIpc) is 2.81. The van der Waals surface area contributed by atoms with Gasteiger partial charge in [-0.3, -0.25) is 0 Å². The molecule has 1 fully saturated rings. The Morgan fingerprint density at radius 3 is 2.33 bits per heavy atom. The minimum atomic E-state index is -0.441. The van der Waals surface area contributed by atoms with Crippen molar-refractivity contribution in [1.82, 2.24) is 15.1 Å². The number of hydrogen-bond acceptors (Lipinski definition) is 4. The molecule has 1 N–H and O–H groups in total. The molecule has 2 heterocycles. The fraction of sp³-hybridized carbons (Fsp3) is 0.261. The average molecular weight is 405 g/mol. The zero-order valence-electron chi connectivity index (χ0n) is 16.9. The minimum Gasteiger partial charge on any atom is -0.352 e. The van der Waals surface area contributed by atoms with Crippen LogP contribution in [0.3, 0.4) is 0 Å². The summed E-state index contributed by atoms with van der Waals surface area (Å²) in [4.78, 5) is 16.2. The number of carbonyl (C=O) groups excluding carboxylic acids is 1. The lowest BCUT2D eigenvalue weighted by molar-refractivity contribution is 0.208. The fourth-order valence-electron chi connectivity index (χ4n) is 3.45. The van der Waals surface area contributed by atoms with Crippen molar-refractivity contribution in [2.24, 2.45) is 0 Å². The quantitative estimate of drug-likeness (QED) is 0.707. The number of aryl methyl sites for hydroxylation is 1. The van der Waals surface area contributed by atoms with Gasteiger partial charge in [-0.25, -0.2) is 9.18 Å². The first-order chi connectivity index (χ1) is 14.6. The summed E-state index contributed by atoms with van der Waals surface area (Å²) < 4.78 is 13.7. The third kappa shape index (κ3) is 4.40. The maximum Gasteiger partial charge on any atom is 0.322 e. The Morgan fingerprint density at radius 2 is 1.70 bits per heavy atom. The first kappa shape index (κ1) is 19.8. The van der Waals surface area contributed by atoms with Crippen molar-refractivity contribution in [3.05, 3.63) is 72.0 Å². The summed E-state index contributed by atoms with van der Waals surface area (Å²) in [6.07, 6.45) is 1.01. The second-order valence-corrected chi connectivity index (χ2v) is 7.21. The van der Waals surface area contributed by atoms with Crippen molar-refractivity contribution in [2.75, 3.05) is 36.4 Å². The van der Waals surface area contributed by atoms with Crippen LogP contribution in [0.5, 0.6) is 0 Å². The lowest BCUT2D eigenvalue weighted by atomic mass is 10.1. The molecule has 0 bridgehead atoms. The molecule has 0 unspecified atom stereocenters. The molecule has 1 saturated heterocycles. The molecule has 1 aromatic heterocycles. The summed E-state index contributed by atoms with van der Waals surface area (Å²) in [6.45, 7) is 4.48. The van der Waals surface area contributed by atoms with Gasteiger partial charge in [-0.1, -0.05) is 43.3 Å². The highest BCUT2D eigenvalue weighted by molar-refractivity contribution is 5.89. The number of benzene rings is 2. The van der Waals surface area contributed by atoms with Crippen LogP contribution in [0.2, 0.25) is 0 Å². The predicted molar refractivity (Wildman–Crippen MR) is 116 cm³/mol. The highest BCUT2D eigenvalue weighted by Gasteiger charge is 2.22. The van der Waals surface area contributed by atoms with Crippen molar-refractivity contribution >= 4 is 17.5 Å². The maximum atomic E-state index is 13.7. The van der Waals surface area contributed by atoms with Crippen LogP contribution in [-0.4, -0.2) is 47.3 Å². The van der Waals surface area contributed by atoms with Crippen LogP contribution in [0, 0.1) is 5.82 Å². The van der Waals surface area contributed by atoms with Crippen LogP contribution >= 0.6 is 0 Å². The predicted octanol–water partition coefficient (Wildman–Crippen LogP) is 4.20. The number of nitrogens with one attached hydrogen (secondary N) is 1. The van der Waals surface area contributed by atoms with Gasteiger partial charge in [0.25, 0.3) is 0 Å². The molecule has 0 aliphatic carbocycles. The van der Waals surface area contributed by atoms with Gasteiger partial charge < -0.3 is 15.1 Å². The van der Waals surface area contributed by atoms with Gasteiger partial charge in [0.1, 0.15) is 5.82 Å². The molecule has 0 radical (unpaired) electrons. The molecule has 30 heavy (non-hydrogen) atoms. The number of para-hydroxylation sites is 1. The Balaban J connectivity index is 1.34. The number of piperazine rings is 1. The van der Waals surface area contributed by atoms with Gasteiger partial charge in [0.15, 0.2) is 5.82 Å². The molecule has 1 aliphatic rings. The fourth-order valence-corrected chi connectivity index (χ4v) is 3.45. The van der Waals surface area contributed by atoms with E-state index in [1.54, 1.807) is 23.1 Å². The maximum absolute atomic E-state index is 13.7. The molecule has 0 saturated carbocycles. The minimum absolute atomic E-state index is 0.193. The Hall–Kier alpha value is -3.48. The van der Waals surface area contributed by atoms with Crippen molar-refractivity contribution in [3.8, 4) is 11.3 Å². The Labute approximate surface area is 175 Å². The van der Waals surface area contributed by atoms with Crippen LogP contribution < -0.4 is 10.2 Å². The molecular formula is C23H24FN5O. The first-order valence-electron chi connectivity index (χ1n) is 10.1. The highest BCUT2D eigenvalue weighted by Crippen LogP contribution is 2.20. The molecule has 4 rings (SSSR count). The second-order valence-electron chi connectivity index (χ2n) is 7.21. The van der Waals surface area contributed by atoms with E-state index >= 15 is 0 Å². The summed E-state index contributed by atoms with van der Waals surface area (Å²) in [5, 5.41) is 11.4. The summed E-state index contributed by atoms with van der Waals surface area (Å²) in [5.41, 5.74) is 3.36. The van der Waals surface area contributed by atoms with Crippen molar-refractivity contribution in [2.45, 2.75) is 13.3 Å². The number of rotatable bonds is 4. The monoisotopic (exact) mass is 405 g/mol. The standard InChI is InChI=1S/C23H24FN5O/c1-2-17-7-9-18(10-8-17)20-11-12-22(27-26-20)28-13-15-29(16-14-28)23(30)25-21-6-4-3-5-19(21)24/h3-12H,2,13-16H2,1H3,(H,25,30). The van der Waals surface area contributed by atoms with Gasteiger partial charge in [0.2, 0.25) is 0 Å². The van der Waals surface area contributed by atoms with Crippen LogP contribution in [0.15, 0.2) is 60.7 Å². The van der Waals surface area contributed by atoms with Gasteiger partial charge in [-0.15, -0.1) is 10.2 Å². The summed E-state index contributed by atoms with van der Waals surface area (Å²) in [7, 11) is 0. The Kier molecular flexibility index (Phi) is 5.88. The van der Waals surface area contributed by atoms with Crippen molar-refractivity contribution < 1.29 is 9.18 Å². The lowest BCUT2D eigenvalue weighted by Gasteiger charge is -2.35. The van der Waals surface area contributed by atoms with Crippen LogP contribution in [0.4, 0.5) is 20.7 Å². The number of urea groups is 1. The van der Waals surface area contributed by atoms with E-state index in [-0.39, 0.29) is 11.7 Å². The molecule has 7 heteroatoms. The number of hydrogen-bond donors (Lipinski definition) is 1. The van der Waals surface area contributed by atoms with Gasteiger partial charge in [0, 0.05) is 31.7 Å². The summed E-state index contributed by atoms with van der Waals surface area (Å²) in [6, 6.07) is 18.2.